The molecule has 2 heterocycles. The molecule has 0 aliphatic heterocycles. The van der Waals surface area contributed by atoms with Gasteiger partial charge in [0.1, 0.15) is 5.82 Å². The van der Waals surface area contributed by atoms with Crippen molar-refractivity contribution in [1.29, 1.82) is 0 Å². The summed E-state index contributed by atoms with van der Waals surface area (Å²) >= 11 is 1.48. The van der Waals surface area contributed by atoms with Crippen LogP contribution in [0, 0.1) is 13.8 Å². The van der Waals surface area contributed by atoms with Gasteiger partial charge < -0.3 is 9.55 Å². The van der Waals surface area contributed by atoms with Gasteiger partial charge in [-0.1, -0.05) is 11.8 Å². The lowest BCUT2D eigenvalue weighted by Gasteiger charge is -2.06. The Labute approximate surface area is 128 Å². The number of Topliss-reactive ketones (excluding diaryl/α,β-unsaturated/α-hetero) is 1. The Bertz CT molecular complexity index is 669. The standard InChI is InChI=1S/C15H20N4OS/c1-4-19-14(11-5-6-11)17-18-15(19)21-8-13(20)12-7-9(2)16-10(12)3/h7,11,16H,4-6,8H2,1-3H3. The minimum absolute atomic E-state index is 0.139. The molecule has 2 aromatic rings. The first-order valence-corrected chi connectivity index (χ1v) is 8.34. The Morgan fingerprint density at radius 3 is 2.76 bits per heavy atom. The van der Waals surface area contributed by atoms with Crippen LogP contribution in [0.5, 0.6) is 0 Å². The molecule has 0 atom stereocenters. The monoisotopic (exact) mass is 304 g/mol. The zero-order valence-corrected chi connectivity index (χ0v) is 13.5. The molecule has 112 valence electrons. The predicted molar refractivity (Wildman–Crippen MR) is 83.0 cm³/mol. The number of aromatic amines is 1. The molecule has 21 heavy (non-hydrogen) atoms. The zero-order chi connectivity index (χ0) is 15.0. The largest absolute Gasteiger partial charge is 0.362 e. The third kappa shape index (κ3) is 2.90. The number of nitrogens with zero attached hydrogens (tertiary/aromatic N) is 3. The van der Waals surface area contributed by atoms with Crippen LogP contribution < -0.4 is 0 Å². The summed E-state index contributed by atoms with van der Waals surface area (Å²) in [6.45, 7) is 6.86. The summed E-state index contributed by atoms with van der Waals surface area (Å²) < 4.78 is 2.14. The molecule has 1 fully saturated rings. The first-order valence-electron chi connectivity index (χ1n) is 7.35. The molecular weight excluding hydrogens is 284 g/mol. The van der Waals surface area contributed by atoms with Crippen molar-refractivity contribution < 1.29 is 4.79 Å². The molecule has 0 spiro atoms. The van der Waals surface area contributed by atoms with Gasteiger partial charge in [0.2, 0.25) is 0 Å². The highest BCUT2D eigenvalue weighted by Crippen LogP contribution is 2.40. The second kappa shape index (κ2) is 5.67. The Kier molecular flexibility index (Phi) is 3.89. The van der Waals surface area contributed by atoms with Gasteiger partial charge in [-0.05, 0) is 39.7 Å². The highest BCUT2D eigenvalue weighted by atomic mass is 32.2. The van der Waals surface area contributed by atoms with E-state index in [9.17, 15) is 4.79 Å². The summed E-state index contributed by atoms with van der Waals surface area (Å²) in [4.78, 5) is 15.5. The van der Waals surface area contributed by atoms with Gasteiger partial charge in [0.05, 0.1) is 5.75 Å². The van der Waals surface area contributed by atoms with E-state index in [4.69, 9.17) is 0 Å². The topological polar surface area (TPSA) is 63.6 Å². The molecule has 0 unspecified atom stereocenters. The molecule has 1 aliphatic rings. The number of aryl methyl sites for hydroxylation is 2. The number of carbonyl (C=O) groups excluding carboxylic acids is 1. The van der Waals surface area contributed by atoms with Crippen LogP contribution in [0.3, 0.4) is 0 Å². The molecule has 0 amide bonds. The lowest BCUT2D eigenvalue weighted by atomic mass is 10.2. The normalized spacial score (nSPS) is 14.6. The van der Waals surface area contributed by atoms with Crippen molar-refractivity contribution in [2.45, 2.75) is 51.2 Å². The van der Waals surface area contributed by atoms with Gasteiger partial charge in [-0.15, -0.1) is 10.2 Å². The van der Waals surface area contributed by atoms with Gasteiger partial charge in [-0.3, -0.25) is 4.79 Å². The second-order valence-electron chi connectivity index (χ2n) is 5.56. The third-order valence-corrected chi connectivity index (χ3v) is 4.75. The lowest BCUT2D eigenvalue weighted by Crippen LogP contribution is -2.06. The molecular formula is C15H20N4OS. The van der Waals surface area contributed by atoms with Crippen LogP contribution in [-0.4, -0.2) is 31.3 Å². The van der Waals surface area contributed by atoms with Crippen LogP contribution in [0.25, 0.3) is 0 Å². The molecule has 1 saturated carbocycles. The van der Waals surface area contributed by atoms with Crippen LogP contribution in [0.15, 0.2) is 11.2 Å². The number of thioether (sulfide) groups is 1. The Balaban J connectivity index is 1.70. The first-order chi connectivity index (χ1) is 10.1. The van der Waals surface area contributed by atoms with E-state index in [-0.39, 0.29) is 5.78 Å². The summed E-state index contributed by atoms with van der Waals surface area (Å²) in [5.41, 5.74) is 2.74. The number of hydrogen-bond acceptors (Lipinski definition) is 4. The Hall–Kier alpha value is -1.56. The summed E-state index contributed by atoms with van der Waals surface area (Å²) in [5, 5.41) is 9.41. The van der Waals surface area contributed by atoms with Gasteiger partial charge in [0.15, 0.2) is 10.9 Å². The molecule has 0 aromatic carbocycles. The van der Waals surface area contributed by atoms with E-state index in [1.54, 1.807) is 0 Å². The molecule has 5 nitrogen and oxygen atoms in total. The van der Waals surface area contributed by atoms with Crippen molar-refractivity contribution in [2.24, 2.45) is 0 Å². The number of carbonyl (C=O) groups is 1. The van der Waals surface area contributed by atoms with Crippen LogP contribution in [0.4, 0.5) is 0 Å². The highest BCUT2D eigenvalue weighted by molar-refractivity contribution is 7.99. The maximum Gasteiger partial charge on any atom is 0.191 e. The zero-order valence-electron chi connectivity index (χ0n) is 12.6. The summed E-state index contributed by atoms with van der Waals surface area (Å²) in [7, 11) is 0. The highest BCUT2D eigenvalue weighted by Gasteiger charge is 2.30. The van der Waals surface area contributed by atoms with E-state index in [1.165, 1.54) is 24.6 Å². The number of H-pyrrole nitrogens is 1. The fraction of sp³-hybridized carbons (Fsp3) is 0.533. The van der Waals surface area contributed by atoms with Crippen LogP contribution >= 0.6 is 11.8 Å². The van der Waals surface area contributed by atoms with Gasteiger partial charge >= 0.3 is 0 Å². The lowest BCUT2D eigenvalue weighted by molar-refractivity contribution is 0.102. The fourth-order valence-corrected chi connectivity index (χ4v) is 3.46. The summed E-state index contributed by atoms with van der Waals surface area (Å²) in [5.74, 6) is 2.21. The van der Waals surface area contributed by atoms with Crippen molar-refractivity contribution in [2.75, 3.05) is 5.75 Å². The maximum absolute atomic E-state index is 12.3. The quantitative estimate of drug-likeness (QED) is 0.658. The maximum atomic E-state index is 12.3. The van der Waals surface area contributed by atoms with E-state index in [1.807, 2.05) is 19.9 Å². The minimum atomic E-state index is 0.139. The summed E-state index contributed by atoms with van der Waals surface area (Å²) in [6.07, 6.45) is 2.42. The second-order valence-corrected chi connectivity index (χ2v) is 6.50. The fourth-order valence-electron chi connectivity index (χ4n) is 2.57. The molecule has 1 N–H and O–H groups in total. The van der Waals surface area contributed by atoms with Crippen molar-refractivity contribution in [3.63, 3.8) is 0 Å². The van der Waals surface area contributed by atoms with Crippen LogP contribution in [-0.2, 0) is 6.54 Å². The molecule has 0 saturated heterocycles. The number of nitrogens with one attached hydrogen (secondary N) is 1. The molecule has 2 aromatic heterocycles. The van der Waals surface area contributed by atoms with Gasteiger partial charge in [0, 0.05) is 29.4 Å². The Morgan fingerprint density at radius 2 is 2.19 bits per heavy atom. The SMILES string of the molecule is CCn1c(SCC(=O)c2cc(C)[nH]c2C)nnc1C1CC1. The third-order valence-electron chi connectivity index (χ3n) is 3.79. The molecule has 3 rings (SSSR count). The predicted octanol–water partition coefficient (Wildman–Crippen LogP) is 3.10. The average Bonchev–Trinajstić information content (AvgIpc) is 3.13. The minimum Gasteiger partial charge on any atom is -0.362 e. The van der Waals surface area contributed by atoms with E-state index in [0.29, 0.717) is 11.7 Å². The van der Waals surface area contributed by atoms with Crippen molar-refractivity contribution in [1.82, 2.24) is 19.7 Å². The van der Waals surface area contributed by atoms with Crippen LogP contribution in [0.1, 0.15) is 53.3 Å². The van der Waals surface area contributed by atoms with Gasteiger partial charge in [0.25, 0.3) is 0 Å². The van der Waals surface area contributed by atoms with Gasteiger partial charge in [-0.25, -0.2) is 0 Å². The smallest absolute Gasteiger partial charge is 0.191 e. The average molecular weight is 304 g/mol. The molecule has 0 radical (unpaired) electrons. The van der Waals surface area contributed by atoms with Crippen LogP contribution in [0.2, 0.25) is 0 Å². The first kappa shape index (κ1) is 14.4. The number of ketones is 1. The van der Waals surface area contributed by atoms with Crippen molar-refractivity contribution in [3.05, 3.63) is 28.8 Å². The molecule has 0 bridgehead atoms. The van der Waals surface area contributed by atoms with Crippen molar-refractivity contribution in [3.8, 4) is 0 Å². The van der Waals surface area contributed by atoms with E-state index < -0.39 is 0 Å². The van der Waals surface area contributed by atoms with E-state index in [2.05, 4.69) is 26.7 Å². The Morgan fingerprint density at radius 1 is 1.43 bits per heavy atom. The summed E-state index contributed by atoms with van der Waals surface area (Å²) in [6, 6.07) is 1.92. The van der Waals surface area contributed by atoms with Gasteiger partial charge in [-0.2, -0.15) is 0 Å². The molecule has 1 aliphatic carbocycles. The van der Waals surface area contributed by atoms with E-state index in [0.717, 1.165) is 34.5 Å². The molecule has 6 heteroatoms. The number of aromatic nitrogens is 4. The number of rotatable bonds is 6. The number of hydrogen-bond donors (Lipinski definition) is 1. The van der Waals surface area contributed by atoms with E-state index >= 15 is 0 Å². The van der Waals surface area contributed by atoms with Crippen molar-refractivity contribution >= 4 is 17.5 Å².